The van der Waals surface area contributed by atoms with Crippen LogP contribution in [0.15, 0.2) is 10.6 Å². The van der Waals surface area contributed by atoms with Gasteiger partial charge < -0.3 is 14.7 Å². The lowest BCUT2D eigenvalue weighted by molar-refractivity contribution is -0.197. The van der Waals surface area contributed by atoms with E-state index in [0.717, 1.165) is 4.90 Å². The molecule has 2 atom stereocenters. The van der Waals surface area contributed by atoms with Crippen molar-refractivity contribution in [3.05, 3.63) is 17.5 Å². The molecule has 1 aliphatic heterocycles. The number of aromatic nitrogens is 1. The third-order valence-electron chi connectivity index (χ3n) is 3.70. The first kappa shape index (κ1) is 17.3. The summed E-state index contributed by atoms with van der Waals surface area (Å²) >= 11 is 0. The highest BCUT2D eigenvalue weighted by Gasteiger charge is 2.48. The summed E-state index contributed by atoms with van der Waals surface area (Å²) in [6.45, 7) is 2.76. The van der Waals surface area contributed by atoms with Crippen molar-refractivity contribution < 1.29 is 27.3 Å². The second-order valence-electron chi connectivity index (χ2n) is 5.68. The van der Waals surface area contributed by atoms with Gasteiger partial charge in [0, 0.05) is 25.6 Å². The van der Waals surface area contributed by atoms with Gasteiger partial charge in [-0.05, 0) is 19.8 Å². The molecule has 1 aromatic rings. The Balaban J connectivity index is 2.13. The van der Waals surface area contributed by atoms with Crippen LogP contribution in [0.25, 0.3) is 0 Å². The second-order valence-corrected chi connectivity index (χ2v) is 5.68. The molecule has 6 nitrogen and oxygen atoms in total. The number of nitrogens with zero attached hydrogens (tertiary/aromatic N) is 2. The van der Waals surface area contributed by atoms with Gasteiger partial charge in [0.15, 0.2) is 0 Å². The first-order valence-electron chi connectivity index (χ1n) is 7.22. The van der Waals surface area contributed by atoms with Crippen molar-refractivity contribution in [3.63, 3.8) is 0 Å². The van der Waals surface area contributed by atoms with Crippen LogP contribution in [-0.2, 0) is 16.0 Å². The summed E-state index contributed by atoms with van der Waals surface area (Å²) in [5.74, 6) is -0.536. The molecule has 2 heterocycles. The van der Waals surface area contributed by atoms with Crippen molar-refractivity contribution in [2.75, 3.05) is 6.54 Å². The van der Waals surface area contributed by atoms with Gasteiger partial charge in [-0.2, -0.15) is 13.2 Å². The lowest BCUT2D eigenvalue weighted by Gasteiger charge is -2.40. The van der Waals surface area contributed by atoms with E-state index in [1.54, 1.807) is 6.92 Å². The molecule has 1 aromatic heterocycles. The largest absolute Gasteiger partial charge is 0.408 e. The molecule has 9 heteroatoms. The normalized spacial score (nSPS) is 22.0. The number of halogens is 3. The molecule has 0 unspecified atom stereocenters. The van der Waals surface area contributed by atoms with Crippen LogP contribution < -0.4 is 5.32 Å². The molecule has 1 saturated heterocycles. The molecule has 1 aliphatic rings. The minimum Gasteiger partial charge on any atom is -0.361 e. The average molecular weight is 333 g/mol. The van der Waals surface area contributed by atoms with Crippen LogP contribution in [0, 0.1) is 6.92 Å². The van der Waals surface area contributed by atoms with Gasteiger partial charge in [0.2, 0.25) is 11.8 Å². The zero-order chi connectivity index (χ0) is 17.2. The fraction of sp³-hybridized carbons (Fsp3) is 0.643. The first-order chi connectivity index (χ1) is 10.7. The van der Waals surface area contributed by atoms with Crippen LogP contribution in [0.4, 0.5) is 13.2 Å². The number of carbonyl (C=O) groups excluding carboxylic acids is 2. The summed E-state index contributed by atoms with van der Waals surface area (Å²) in [5.41, 5.74) is 0.287. The van der Waals surface area contributed by atoms with E-state index in [1.807, 2.05) is 0 Å². The number of carbonyl (C=O) groups is 2. The fourth-order valence-electron chi connectivity index (χ4n) is 2.75. The highest BCUT2D eigenvalue weighted by molar-refractivity contribution is 5.79. The number of piperidine rings is 1. The van der Waals surface area contributed by atoms with Gasteiger partial charge in [-0.1, -0.05) is 5.16 Å². The Morgan fingerprint density at radius 3 is 2.65 bits per heavy atom. The van der Waals surface area contributed by atoms with Gasteiger partial charge in [0.05, 0.1) is 12.1 Å². The predicted molar refractivity (Wildman–Crippen MR) is 73.3 cm³/mol. The average Bonchev–Trinajstić information content (AvgIpc) is 2.82. The fourth-order valence-corrected chi connectivity index (χ4v) is 2.75. The Kier molecular flexibility index (Phi) is 4.96. The van der Waals surface area contributed by atoms with Crippen molar-refractivity contribution in [1.29, 1.82) is 0 Å². The Hall–Kier alpha value is -2.06. The molecule has 2 amide bonds. The molecule has 23 heavy (non-hydrogen) atoms. The second kappa shape index (κ2) is 6.59. The van der Waals surface area contributed by atoms with Crippen molar-refractivity contribution in [2.24, 2.45) is 0 Å². The SMILES string of the molecule is CC(=O)N[C@@H]1CC[C@H](C(F)(F)F)N(C(=O)Cc2cc(C)on2)C1. The number of amides is 2. The van der Waals surface area contributed by atoms with Crippen LogP contribution in [0.1, 0.15) is 31.2 Å². The topological polar surface area (TPSA) is 75.4 Å². The van der Waals surface area contributed by atoms with Crippen LogP contribution in [0.2, 0.25) is 0 Å². The minimum atomic E-state index is -4.50. The van der Waals surface area contributed by atoms with Gasteiger partial charge in [-0.15, -0.1) is 0 Å². The van der Waals surface area contributed by atoms with Gasteiger partial charge >= 0.3 is 6.18 Å². The maximum Gasteiger partial charge on any atom is 0.408 e. The monoisotopic (exact) mass is 333 g/mol. The molecule has 0 saturated carbocycles. The molecular formula is C14H18F3N3O3. The molecule has 0 bridgehead atoms. The highest BCUT2D eigenvalue weighted by atomic mass is 19.4. The molecule has 2 rings (SSSR count). The molecule has 128 valence electrons. The van der Waals surface area contributed by atoms with Crippen molar-refractivity contribution in [2.45, 2.75) is 51.4 Å². The van der Waals surface area contributed by atoms with Crippen LogP contribution in [-0.4, -0.2) is 46.7 Å². The Bertz CT molecular complexity index is 585. The summed E-state index contributed by atoms with van der Waals surface area (Å²) in [6.07, 6.45) is -4.83. The Morgan fingerprint density at radius 1 is 1.43 bits per heavy atom. The lowest BCUT2D eigenvalue weighted by Crippen LogP contribution is -2.58. The molecule has 0 spiro atoms. The highest BCUT2D eigenvalue weighted by Crippen LogP contribution is 2.32. The number of likely N-dealkylation sites (tertiary alicyclic amines) is 1. The zero-order valence-electron chi connectivity index (χ0n) is 12.8. The number of rotatable bonds is 3. The maximum atomic E-state index is 13.2. The van der Waals surface area contributed by atoms with E-state index in [2.05, 4.69) is 10.5 Å². The standard InChI is InChI=1S/C14H18F3N3O3/c1-8-5-11(19-23-8)6-13(22)20-7-10(18-9(2)21)3-4-12(20)14(15,16)17/h5,10,12H,3-4,6-7H2,1-2H3,(H,18,21)/t10-,12-/m1/s1. The molecular weight excluding hydrogens is 315 g/mol. The summed E-state index contributed by atoms with van der Waals surface area (Å²) in [4.78, 5) is 24.2. The molecule has 1 N–H and O–H groups in total. The zero-order valence-corrected chi connectivity index (χ0v) is 12.8. The molecule has 1 fully saturated rings. The van der Waals surface area contributed by atoms with Crippen molar-refractivity contribution in [1.82, 2.24) is 15.4 Å². The van der Waals surface area contributed by atoms with Gasteiger partial charge in [-0.25, -0.2) is 0 Å². The Morgan fingerprint density at radius 2 is 2.13 bits per heavy atom. The molecule has 0 aromatic carbocycles. The number of hydrogen-bond donors (Lipinski definition) is 1. The van der Waals surface area contributed by atoms with Crippen molar-refractivity contribution >= 4 is 11.8 Å². The number of alkyl halides is 3. The van der Waals surface area contributed by atoms with E-state index >= 15 is 0 Å². The summed E-state index contributed by atoms with van der Waals surface area (Å²) in [5, 5.41) is 6.20. The van der Waals surface area contributed by atoms with E-state index < -0.39 is 24.2 Å². The van der Waals surface area contributed by atoms with Gasteiger partial charge in [0.1, 0.15) is 11.8 Å². The van der Waals surface area contributed by atoms with E-state index in [4.69, 9.17) is 4.52 Å². The van der Waals surface area contributed by atoms with Gasteiger partial charge in [0.25, 0.3) is 0 Å². The van der Waals surface area contributed by atoms with Crippen LogP contribution in [0.3, 0.4) is 0 Å². The van der Waals surface area contributed by atoms with E-state index in [0.29, 0.717) is 5.76 Å². The van der Waals surface area contributed by atoms with Crippen molar-refractivity contribution in [3.8, 4) is 0 Å². The van der Waals surface area contributed by atoms with Crippen LogP contribution in [0.5, 0.6) is 0 Å². The molecule has 0 aliphatic carbocycles. The smallest absolute Gasteiger partial charge is 0.361 e. The lowest BCUT2D eigenvalue weighted by atomic mass is 9.97. The summed E-state index contributed by atoms with van der Waals surface area (Å²) < 4.78 is 44.3. The summed E-state index contributed by atoms with van der Waals surface area (Å²) in [6, 6.07) is -0.808. The number of aryl methyl sites for hydroxylation is 1. The molecule has 0 radical (unpaired) electrons. The number of nitrogens with one attached hydrogen (secondary N) is 1. The van der Waals surface area contributed by atoms with E-state index in [-0.39, 0.29) is 37.4 Å². The third-order valence-corrected chi connectivity index (χ3v) is 3.70. The maximum absolute atomic E-state index is 13.2. The van der Waals surface area contributed by atoms with Crippen LogP contribution >= 0.6 is 0 Å². The Labute approximate surface area is 131 Å². The van der Waals surface area contributed by atoms with E-state index in [9.17, 15) is 22.8 Å². The number of hydrogen-bond acceptors (Lipinski definition) is 4. The predicted octanol–water partition coefficient (Wildman–Crippen LogP) is 1.58. The first-order valence-corrected chi connectivity index (χ1v) is 7.22. The van der Waals surface area contributed by atoms with E-state index in [1.165, 1.54) is 13.0 Å². The summed E-state index contributed by atoms with van der Waals surface area (Å²) in [7, 11) is 0. The van der Waals surface area contributed by atoms with Gasteiger partial charge in [-0.3, -0.25) is 9.59 Å². The quantitative estimate of drug-likeness (QED) is 0.911. The minimum absolute atomic E-state index is 0.167. The third kappa shape index (κ3) is 4.46.